The number of benzene rings is 1. The van der Waals surface area contributed by atoms with Gasteiger partial charge in [0.15, 0.2) is 0 Å². The highest BCUT2D eigenvalue weighted by Crippen LogP contribution is 2.31. The Labute approximate surface area is 160 Å². The molecule has 1 aromatic carbocycles. The molecule has 130 valence electrons. The highest BCUT2D eigenvalue weighted by molar-refractivity contribution is 7.99. The largest absolute Gasteiger partial charge is 0.356 e. The van der Waals surface area contributed by atoms with Gasteiger partial charge in [0.1, 0.15) is 0 Å². The van der Waals surface area contributed by atoms with Crippen LogP contribution in [0, 0.1) is 6.92 Å². The molecule has 0 bridgehead atoms. The topological polar surface area (TPSA) is 42.0 Å². The summed E-state index contributed by atoms with van der Waals surface area (Å²) < 4.78 is 0. The van der Waals surface area contributed by atoms with E-state index in [2.05, 4.69) is 28.5 Å². The van der Waals surface area contributed by atoms with Crippen molar-refractivity contribution >= 4 is 40.3 Å². The van der Waals surface area contributed by atoms with E-state index in [0.717, 1.165) is 32.6 Å². The molecule has 0 spiro atoms. The van der Waals surface area contributed by atoms with Crippen LogP contribution in [0.25, 0.3) is 10.6 Å². The molecule has 3 nitrogen and oxygen atoms in total. The average Bonchev–Trinajstić information content (AvgIpc) is 3.25. The Kier molecular flexibility index (Phi) is 6.67. The van der Waals surface area contributed by atoms with Crippen LogP contribution >= 0.6 is 34.4 Å². The summed E-state index contributed by atoms with van der Waals surface area (Å²) in [5, 5.41) is 6.07. The van der Waals surface area contributed by atoms with E-state index in [9.17, 15) is 4.79 Å². The van der Waals surface area contributed by atoms with Crippen molar-refractivity contribution in [3.63, 3.8) is 0 Å². The molecule has 1 N–H and O–H groups in total. The zero-order valence-electron chi connectivity index (χ0n) is 14.0. The molecule has 2 aromatic heterocycles. The minimum atomic E-state index is 0.0752. The van der Waals surface area contributed by atoms with Crippen molar-refractivity contribution in [2.24, 2.45) is 0 Å². The first-order valence-corrected chi connectivity index (χ1v) is 10.9. The van der Waals surface area contributed by atoms with Crippen molar-refractivity contribution < 1.29 is 4.79 Å². The van der Waals surface area contributed by atoms with Crippen LogP contribution < -0.4 is 5.32 Å². The highest BCUT2D eigenvalue weighted by Gasteiger charge is 2.15. The average molecular weight is 389 g/mol. The van der Waals surface area contributed by atoms with Gasteiger partial charge < -0.3 is 5.32 Å². The summed E-state index contributed by atoms with van der Waals surface area (Å²) >= 11 is 5.10. The maximum atomic E-state index is 12.2. The third-order valence-corrected chi connectivity index (χ3v) is 6.48. The molecule has 25 heavy (non-hydrogen) atoms. The van der Waals surface area contributed by atoms with E-state index >= 15 is 0 Å². The van der Waals surface area contributed by atoms with Crippen LogP contribution in [-0.4, -0.2) is 23.2 Å². The molecule has 0 fully saturated rings. The molecule has 3 rings (SSSR count). The summed E-state index contributed by atoms with van der Waals surface area (Å²) in [6.45, 7) is 2.70. The van der Waals surface area contributed by atoms with E-state index in [4.69, 9.17) is 0 Å². The van der Waals surface area contributed by atoms with E-state index in [0.29, 0.717) is 13.0 Å². The van der Waals surface area contributed by atoms with Crippen molar-refractivity contribution in [1.82, 2.24) is 10.3 Å². The Hall–Kier alpha value is -1.63. The first kappa shape index (κ1) is 18.2. The fourth-order valence-electron chi connectivity index (χ4n) is 2.41. The van der Waals surface area contributed by atoms with E-state index in [1.807, 2.05) is 48.3 Å². The van der Waals surface area contributed by atoms with Crippen LogP contribution in [0.1, 0.15) is 16.3 Å². The summed E-state index contributed by atoms with van der Waals surface area (Å²) in [5.74, 6) is 1.08. The second kappa shape index (κ2) is 9.17. The number of thiazole rings is 1. The Bertz CT molecular complexity index is 797. The van der Waals surface area contributed by atoms with E-state index in [-0.39, 0.29) is 5.91 Å². The van der Waals surface area contributed by atoms with E-state index in [1.165, 1.54) is 4.90 Å². The Morgan fingerprint density at radius 1 is 1.20 bits per heavy atom. The van der Waals surface area contributed by atoms with Crippen LogP contribution in [0.15, 0.2) is 52.7 Å². The molecule has 0 saturated carbocycles. The lowest BCUT2D eigenvalue weighted by Gasteiger charge is -2.05. The molecule has 1 amide bonds. The highest BCUT2D eigenvalue weighted by atomic mass is 32.2. The van der Waals surface area contributed by atoms with Crippen molar-refractivity contribution in [2.45, 2.75) is 24.7 Å². The van der Waals surface area contributed by atoms with Gasteiger partial charge in [0, 0.05) is 16.3 Å². The number of thioether (sulfide) groups is 1. The molecule has 0 aliphatic rings. The smallest absolute Gasteiger partial charge is 0.225 e. The monoisotopic (exact) mass is 388 g/mol. The lowest BCUT2D eigenvalue weighted by molar-refractivity contribution is -0.120. The van der Waals surface area contributed by atoms with Gasteiger partial charge >= 0.3 is 0 Å². The van der Waals surface area contributed by atoms with Crippen molar-refractivity contribution in [2.75, 3.05) is 12.3 Å². The Balaban J connectivity index is 1.44. The zero-order chi connectivity index (χ0) is 17.5. The van der Waals surface area contributed by atoms with Crippen LogP contribution in [-0.2, 0) is 11.2 Å². The van der Waals surface area contributed by atoms with Gasteiger partial charge in [-0.15, -0.1) is 34.4 Å². The Morgan fingerprint density at radius 2 is 2.04 bits per heavy atom. The van der Waals surface area contributed by atoms with Gasteiger partial charge in [-0.05, 0) is 42.7 Å². The number of nitrogens with zero attached hydrogens (tertiary/aromatic N) is 1. The number of hydrogen-bond acceptors (Lipinski definition) is 5. The number of carbonyl (C=O) groups excluding carboxylic acids is 1. The first-order valence-electron chi connectivity index (χ1n) is 8.17. The number of amides is 1. The van der Waals surface area contributed by atoms with Crippen LogP contribution in [0.3, 0.4) is 0 Å². The van der Waals surface area contributed by atoms with Crippen molar-refractivity contribution in [3.05, 3.63) is 57.7 Å². The number of aromatic nitrogens is 1. The van der Waals surface area contributed by atoms with Gasteiger partial charge in [-0.25, -0.2) is 4.98 Å². The summed E-state index contributed by atoms with van der Waals surface area (Å²) in [4.78, 5) is 20.3. The quantitative estimate of drug-likeness (QED) is 0.435. The molecule has 6 heteroatoms. The van der Waals surface area contributed by atoms with Crippen LogP contribution in [0.5, 0.6) is 0 Å². The minimum Gasteiger partial charge on any atom is -0.356 e. The predicted octanol–water partition coefficient (Wildman–Crippen LogP) is 5.02. The normalized spacial score (nSPS) is 10.8. The second-order valence-corrected chi connectivity index (χ2v) is 8.93. The third kappa shape index (κ3) is 5.42. The molecule has 0 radical (unpaired) electrons. The second-order valence-electron chi connectivity index (χ2n) is 5.52. The number of aryl methyl sites for hydroxylation is 1. The standard InChI is InChI=1S/C19H20N2OS3/c1-14-21-19(16-9-5-11-24-16)17(25-14)13-18(22)20-10-6-12-23-15-7-3-2-4-8-15/h2-5,7-9,11H,6,10,12-13H2,1H3,(H,20,22). The van der Waals surface area contributed by atoms with Gasteiger partial charge in [-0.2, -0.15) is 0 Å². The molecule has 0 saturated heterocycles. The number of carbonyl (C=O) groups is 1. The number of rotatable bonds is 8. The summed E-state index contributed by atoms with van der Waals surface area (Å²) in [6, 6.07) is 14.4. The van der Waals surface area contributed by atoms with Gasteiger partial charge in [0.25, 0.3) is 0 Å². The minimum absolute atomic E-state index is 0.0752. The summed E-state index contributed by atoms with van der Waals surface area (Å²) in [7, 11) is 0. The first-order chi connectivity index (χ1) is 12.2. The molecule has 0 aliphatic carbocycles. The SMILES string of the molecule is Cc1nc(-c2cccs2)c(CC(=O)NCCCSc2ccccc2)s1. The summed E-state index contributed by atoms with van der Waals surface area (Å²) in [5.41, 5.74) is 0.965. The van der Waals surface area contributed by atoms with Crippen molar-refractivity contribution in [3.8, 4) is 10.6 Å². The molecule has 2 heterocycles. The number of nitrogens with one attached hydrogen (secondary N) is 1. The molecular formula is C19H20N2OS3. The van der Waals surface area contributed by atoms with Gasteiger partial charge in [-0.3, -0.25) is 4.79 Å². The van der Waals surface area contributed by atoms with Crippen molar-refractivity contribution in [1.29, 1.82) is 0 Å². The zero-order valence-corrected chi connectivity index (χ0v) is 16.5. The van der Waals surface area contributed by atoms with Crippen LogP contribution in [0.2, 0.25) is 0 Å². The molecular weight excluding hydrogens is 368 g/mol. The number of hydrogen-bond donors (Lipinski definition) is 1. The fourth-order valence-corrected chi connectivity index (χ4v) is 5.04. The molecule has 3 aromatic rings. The summed E-state index contributed by atoms with van der Waals surface area (Å²) in [6.07, 6.45) is 1.37. The van der Waals surface area contributed by atoms with Gasteiger partial charge in [0.2, 0.25) is 5.91 Å². The lowest BCUT2D eigenvalue weighted by Crippen LogP contribution is -2.26. The van der Waals surface area contributed by atoms with E-state index in [1.54, 1.807) is 22.7 Å². The van der Waals surface area contributed by atoms with Crippen LogP contribution in [0.4, 0.5) is 0 Å². The number of thiophene rings is 1. The molecule has 0 unspecified atom stereocenters. The Morgan fingerprint density at radius 3 is 2.80 bits per heavy atom. The predicted molar refractivity (Wildman–Crippen MR) is 109 cm³/mol. The third-order valence-electron chi connectivity index (χ3n) is 3.54. The maximum absolute atomic E-state index is 12.2. The van der Waals surface area contributed by atoms with E-state index < -0.39 is 0 Å². The molecule has 0 atom stereocenters. The lowest BCUT2D eigenvalue weighted by atomic mass is 10.2. The maximum Gasteiger partial charge on any atom is 0.225 e. The fraction of sp³-hybridized carbons (Fsp3) is 0.263. The van der Waals surface area contributed by atoms with Gasteiger partial charge in [-0.1, -0.05) is 24.3 Å². The molecule has 0 aliphatic heterocycles. The van der Waals surface area contributed by atoms with Gasteiger partial charge in [0.05, 0.1) is 22.0 Å².